The van der Waals surface area contributed by atoms with E-state index in [0.717, 1.165) is 38.9 Å². The van der Waals surface area contributed by atoms with Crippen LogP contribution in [0.3, 0.4) is 0 Å². The van der Waals surface area contributed by atoms with Crippen LogP contribution in [0, 0.1) is 23.7 Å². The Morgan fingerprint density at radius 2 is 1.81 bits per heavy atom. The quantitative estimate of drug-likeness (QED) is 0.654. The fourth-order valence-electron chi connectivity index (χ4n) is 5.90. The Bertz CT molecular complexity index is 529. The maximum absolute atomic E-state index is 6.44. The van der Waals surface area contributed by atoms with Crippen LogP contribution in [0.2, 0.25) is 0 Å². The Labute approximate surface area is 163 Å². The van der Waals surface area contributed by atoms with E-state index in [0.29, 0.717) is 24.4 Å². The van der Waals surface area contributed by atoms with Gasteiger partial charge in [-0.3, -0.25) is 0 Å². The molecule has 1 aliphatic carbocycles. The number of rotatable bonds is 6. The molecule has 5 fully saturated rings. The maximum atomic E-state index is 6.44. The third kappa shape index (κ3) is 3.26. The van der Waals surface area contributed by atoms with Gasteiger partial charge in [-0.15, -0.1) is 0 Å². The van der Waals surface area contributed by atoms with Crippen LogP contribution < -0.4 is 0 Å². The summed E-state index contributed by atoms with van der Waals surface area (Å²) in [6.45, 7) is 14.6. The molecule has 0 aromatic rings. The van der Waals surface area contributed by atoms with Crippen LogP contribution in [0.1, 0.15) is 60.3 Å². The largest absolute Gasteiger partial charge is 0.351 e. The van der Waals surface area contributed by atoms with Crippen molar-refractivity contribution in [1.29, 1.82) is 0 Å². The zero-order chi connectivity index (χ0) is 19.2. The average molecular weight is 384 g/mol. The van der Waals surface area contributed by atoms with Gasteiger partial charge in [0.15, 0.2) is 18.2 Å². The summed E-state index contributed by atoms with van der Waals surface area (Å²) in [5.74, 6) is 0.863. The van der Waals surface area contributed by atoms with Crippen LogP contribution in [-0.2, 0) is 24.0 Å². The highest BCUT2D eigenvalue weighted by molar-refractivity contribution is 5.09. The van der Waals surface area contributed by atoms with Crippen LogP contribution in [0.4, 0.5) is 0 Å². The lowest BCUT2D eigenvalue weighted by atomic mass is 9.58. The van der Waals surface area contributed by atoms with E-state index in [4.69, 9.17) is 24.0 Å². The molecule has 0 radical (unpaired) electrons. The molecular weight excluding hydrogens is 346 g/mol. The summed E-state index contributed by atoms with van der Waals surface area (Å²) in [5.41, 5.74) is -0.494. The van der Waals surface area contributed by atoms with E-state index < -0.39 is 17.7 Å². The number of nitrogens with zero attached hydrogens (tertiary/aromatic N) is 1. The van der Waals surface area contributed by atoms with Crippen molar-refractivity contribution in [3.05, 3.63) is 0 Å². The molecule has 5 rings (SSSR count). The van der Waals surface area contributed by atoms with E-state index in [1.54, 1.807) is 0 Å². The van der Waals surface area contributed by atoms with E-state index in [9.17, 15) is 0 Å². The van der Waals surface area contributed by atoms with Crippen LogP contribution in [0.15, 0.2) is 0 Å². The maximum Gasteiger partial charge on any atom is 0.201 e. The Morgan fingerprint density at radius 3 is 2.56 bits per heavy atom. The first-order valence-corrected chi connectivity index (χ1v) is 11.0. The second-order valence-corrected chi connectivity index (χ2v) is 9.17. The van der Waals surface area contributed by atoms with Crippen molar-refractivity contribution in [2.75, 3.05) is 26.2 Å². The second kappa shape index (κ2) is 7.54. The van der Waals surface area contributed by atoms with Crippen molar-refractivity contribution >= 4 is 0 Å². The fraction of sp³-hybridized carbons (Fsp3) is 1.00. The molecular formula is C21H37NO5. The average Bonchev–Trinajstić information content (AvgIpc) is 2.89. The zero-order valence-corrected chi connectivity index (χ0v) is 17.6. The minimum absolute atomic E-state index is 0.248. The highest BCUT2D eigenvalue weighted by Crippen LogP contribution is 2.60. The highest BCUT2D eigenvalue weighted by atomic mass is 17.3. The lowest BCUT2D eigenvalue weighted by Gasteiger charge is -2.60. The third-order valence-electron chi connectivity index (χ3n) is 7.68. The van der Waals surface area contributed by atoms with Gasteiger partial charge in [0.2, 0.25) is 5.79 Å². The van der Waals surface area contributed by atoms with Crippen molar-refractivity contribution < 1.29 is 24.0 Å². The van der Waals surface area contributed by atoms with Gasteiger partial charge in [0.05, 0.1) is 6.61 Å². The van der Waals surface area contributed by atoms with E-state index in [2.05, 4.69) is 32.6 Å². The molecule has 1 saturated carbocycles. The minimum atomic E-state index is -0.718. The molecule has 0 amide bonds. The first-order chi connectivity index (χ1) is 12.9. The lowest BCUT2D eigenvalue weighted by molar-refractivity contribution is -0.577. The van der Waals surface area contributed by atoms with Crippen LogP contribution >= 0.6 is 0 Å². The number of fused-ring (bicyclic) bond motifs is 2. The summed E-state index contributed by atoms with van der Waals surface area (Å²) in [5, 5.41) is 0. The molecule has 27 heavy (non-hydrogen) atoms. The summed E-state index contributed by atoms with van der Waals surface area (Å²) in [6.07, 6.45) is 3.58. The summed E-state index contributed by atoms with van der Waals surface area (Å²) in [7, 11) is 0. The van der Waals surface area contributed by atoms with E-state index in [-0.39, 0.29) is 12.2 Å². The summed E-state index contributed by atoms with van der Waals surface area (Å²) < 4.78 is 19.0. The SMILES string of the molecule is CCN(CC)CCO[C@H]1O[C@@H]2O[C@@]3(C)CCC4[C@H](C)CCC([C@H]1C)[C@]42OO3. The molecule has 4 saturated heterocycles. The molecule has 0 N–H and O–H groups in total. The van der Waals surface area contributed by atoms with E-state index in [1.165, 1.54) is 6.42 Å². The van der Waals surface area contributed by atoms with Gasteiger partial charge >= 0.3 is 0 Å². The van der Waals surface area contributed by atoms with Crippen molar-refractivity contribution in [1.82, 2.24) is 4.90 Å². The lowest BCUT2D eigenvalue weighted by Crippen LogP contribution is -2.70. The Kier molecular flexibility index (Phi) is 5.60. The van der Waals surface area contributed by atoms with Crippen LogP contribution in [0.5, 0.6) is 0 Å². The van der Waals surface area contributed by atoms with Gasteiger partial charge in [0.25, 0.3) is 0 Å². The molecule has 6 nitrogen and oxygen atoms in total. The Morgan fingerprint density at radius 1 is 1.04 bits per heavy atom. The predicted molar refractivity (Wildman–Crippen MR) is 101 cm³/mol. The number of ether oxygens (including phenoxy) is 3. The topological polar surface area (TPSA) is 49.4 Å². The summed E-state index contributed by atoms with van der Waals surface area (Å²) in [4.78, 5) is 14.4. The zero-order valence-electron chi connectivity index (χ0n) is 17.6. The van der Waals surface area contributed by atoms with Crippen molar-refractivity contribution in [3.63, 3.8) is 0 Å². The normalized spacial score (nSPS) is 49.1. The van der Waals surface area contributed by atoms with Crippen LogP contribution in [-0.4, -0.2) is 55.1 Å². The first kappa shape index (κ1) is 20.0. The van der Waals surface area contributed by atoms with Crippen molar-refractivity contribution in [2.45, 2.75) is 84.3 Å². The molecule has 5 aliphatic rings. The molecule has 8 atom stereocenters. The first-order valence-electron chi connectivity index (χ1n) is 11.0. The minimum Gasteiger partial charge on any atom is -0.351 e. The Balaban J connectivity index is 1.53. The van der Waals surface area contributed by atoms with Crippen molar-refractivity contribution in [2.24, 2.45) is 23.7 Å². The number of hydrogen-bond acceptors (Lipinski definition) is 6. The van der Waals surface area contributed by atoms with Gasteiger partial charge in [0.1, 0.15) is 0 Å². The monoisotopic (exact) mass is 383 g/mol. The number of hydrogen-bond donors (Lipinski definition) is 0. The molecule has 0 aromatic carbocycles. The predicted octanol–water partition coefficient (Wildman–Crippen LogP) is 3.55. The fourth-order valence-corrected chi connectivity index (χ4v) is 5.90. The molecule has 1 spiro atoms. The molecule has 6 heteroatoms. The van der Waals surface area contributed by atoms with E-state index in [1.807, 2.05) is 6.92 Å². The van der Waals surface area contributed by atoms with Gasteiger partial charge < -0.3 is 19.1 Å². The summed E-state index contributed by atoms with van der Waals surface area (Å²) >= 11 is 0. The molecule has 4 heterocycles. The molecule has 2 unspecified atom stereocenters. The van der Waals surface area contributed by atoms with Crippen LogP contribution in [0.25, 0.3) is 0 Å². The molecule has 156 valence electrons. The molecule has 4 aliphatic heterocycles. The Hall–Kier alpha value is -0.240. The van der Waals surface area contributed by atoms with Crippen molar-refractivity contribution in [3.8, 4) is 0 Å². The third-order valence-corrected chi connectivity index (χ3v) is 7.68. The van der Waals surface area contributed by atoms with Gasteiger partial charge in [-0.2, -0.15) is 0 Å². The van der Waals surface area contributed by atoms with Gasteiger partial charge in [-0.1, -0.05) is 27.7 Å². The standard InChI is InChI=1S/C21H37NO5/c1-6-22(7-2)12-13-23-18-15(4)17-9-8-14(3)16-10-11-20(5)25-19(24-18)21(16,17)27-26-20/h14-19H,6-13H2,1-5H3/t14-,15-,16?,17?,18+,19-,20-,21-/m1/s1. The van der Waals surface area contributed by atoms with Gasteiger partial charge in [0, 0.05) is 24.8 Å². The van der Waals surface area contributed by atoms with Gasteiger partial charge in [-0.25, -0.2) is 9.78 Å². The summed E-state index contributed by atoms with van der Waals surface area (Å²) in [6, 6.07) is 0. The van der Waals surface area contributed by atoms with E-state index >= 15 is 0 Å². The number of likely N-dealkylation sites (N-methyl/N-ethyl adjacent to an activating group) is 1. The van der Waals surface area contributed by atoms with Gasteiger partial charge in [-0.05, 0) is 51.1 Å². The molecule has 0 aromatic heterocycles. The second-order valence-electron chi connectivity index (χ2n) is 9.17. The molecule has 2 bridgehead atoms. The smallest absolute Gasteiger partial charge is 0.201 e. The highest BCUT2D eigenvalue weighted by Gasteiger charge is 2.69.